The normalized spacial score (nSPS) is 12.7. The van der Waals surface area contributed by atoms with Crippen LogP contribution < -0.4 is 0 Å². The van der Waals surface area contributed by atoms with Crippen molar-refractivity contribution in [2.45, 2.75) is 324 Å². The zero-order chi connectivity index (χ0) is 49.7. The number of unbranched alkanes of at least 4 members (excludes halogenated alkanes) is 28. The van der Waals surface area contributed by atoms with Gasteiger partial charge in [0.05, 0.1) is 25.0 Å². The lowest BCUT2D eigenvalue weighted by molar-refractivity contribution is -0.150. The first-order valence-corrected chi connectivity index (χ1v) is 29.9. The lowest BCUT2D eigenvalue weighted by atomic mass is 9.94. The first kappa shape index (κ1) is 67.4. The Labute approximate surface area is 419 Å². The van der Waals surface area contributed by atoms with E-state index < -0.39 is 0 Å². The highest BCUT2D eigenvalue weighted by Gasteiger charge is 2.21. The fourth-order valence-electron chi connectivity index (χ4n) is 9.02. The predicted molar refractivity (Wildman–Crippen MR) is 290 cm³/mol. The predicted octanol–water partition coefficient (Wildman–Crippen LogP) is 18.7. The highest BCUT2D eigenvalue weighted by atomic mass is 16.5. The summed E-state index contributed by atoms with van der Waals surface area (Å²) < 4.78 is 17.2. The van der Waals surface area contributed by atoms with E-state index in [-0.39, 0.29) is 35.8 Å². The molecule has 0 saturated carbocycles. The molecule has 0 aromatic carbocycles. The largest absolute Gasteiger partial charge is 0.465 e. The fraction of sp³-hybridized carbons (Fsp3) is 0.950. The van der Waals surface area contributed by atoms with Crippen LogP contribution in [0.1, 0.15) is 318 Å². The minimum atomic E-state index is -0.0132. The maximum Gasteiger partial charge on any atom is 0.308 e. The van der Waals surface area contributed by atoms with Gasteiger partial charge in [-0.05, 0) is 91.3 Å². The summed E-state index contributed by atoms with van der Waals surface area (Å²) >= 11 is 0. The lowest BCUT2D eigenvalue weighted by Crippen LogP contribution is -2.19. The number of hydrogen-bond acceptors (Lipinski definition) is 7. The van der Waals surface area contributed by atoms with Crippen LogP contribution in [0.15, 0.2) is 0 Å². The second-order valence-corrected chi connectivity index (χ2v) is 20.7. The molecule has 400 valence electrons. The van der Waals surface area contributed by atoms with Crippen molar-refractivity contribution >= 4 is 17.9 Å². The van der Waals surface area contributed by atoms with Gasteiger partial charge in [0.2, 0.25) is 0 Å². The molecule has 0 aliphatic carbocycles. The molecule has 0 spiro atoms. The van der Waals surface area contributed by atoms with Gasteiger partial charge >= 0.3 is 17.9 Å². The summed E-state index contributed by atoms with van der Waals surface area (Å²) in [7, 11) is 4.14. The van der Waals surface area contributed by atoms with Crippen LogP contribution in [0.3, 0.4) is 0 Å². The van der Waals surface area contributed by atoms with E-state index in [0.29, 0.717) is 19.6 Å². The second-order valence-electron chi connectivity index (χ2n) is 20.7. The van der Waals surface area contributed by atoms with Gasteiger partial charge in [0, 0.05) is 6.42 Å². The summed E-state index contributed by atoms with van der Waals surface area (Å²) in [6, 6.07) is 0. The van der Waals surface area contributed by atoms with Crippen molar-refractivity contribution < 1.29 is 28.6 Å². The Morgan fingerprint density at radius 3 is 1.00 bits per heavy atom. The van der Waals surface area contributed by atoms with E-state index >= 15 is 0 Å². The molecule has 0 heterocycles. The summed E-state index contributed by atoms with van der Waals surface area (Å²) in [4.78, 5) is 39.7. The second kappa shape index (κ2) is 55.3. The summed E-state index contributed by atoms with van der Waals surface area (Å²) in [6.45, 7) is 15.6. The molecule has 0 N–H and O–H groups in total. The lowest BCUT2D eigenvalue weighted by Gasteiger charge is -2.18. The van der Waals surface area contributed by atoms with Crippen LogP contribution in [-0.2, 0) is 28.6 Å². The molecule has 0 radical (unpaired) electrons. The molecule has 7 nitrogen and oxygen atoms in total. The van der Waals surface area contributed by atoms with Gasteiger partial charge in [-0.1, -0.05) is 241 Å². The molecule has 3 atom stereocenters. The Hall–Kier alpha value is -1.63. The van der Waals surface area contributed by atoms with E-state index in [4.69, 9.17) is 14.2 Å². The molecule has 0 rings (SSSR count). The van der Waals surface area contributed by atoms with Crippen molar-refractivity contribution in [1.29, 1.82) is 0 Å². The van der Waals surface area contributed by atoms with Crippen LogP contribution in [0.25, 0.3) is 0 Å². The molecule has 0 aliphatic rings. The van der Waals surface area contributed by atoms with Crippen molar-refractivity contribution in [3.05, 3.63) is 0 Å². The molecule has 0 aromatic heterocycles. The summed E-state index contributed by atoms with van der Waals surface area (Å²) in [5, 5.41) is 0. The third kappa shape index (κ3) is 50.6. The maximum absolute atomic E-state index is 12.8. The van der Waals surface area contributed by atoms with E-state index in [1.54, 1.807) is 0 Å². The molecule has 0 aromatic rings. The van der Waals surface area contributed by atoms with Crippen molar-refractivity contribution in [1.82, 2.24) is 4.90 Å². The number of hydrogen-bond donors (Lipinski definition) is 0. The van der Waals surface area contributed by atoms with Gasteiger partial charge in [0.15, 0.2) is 0 Å². The third-order valence-electron chi connectivity index (χ3n) is 13.6. The zero-order valence-electron chi connectivity index (χ0n) is 46.7. The first-order chi connectivity index (χ1) is 32.7. The van der Waals surface area contributed by atoms with Gasteiger partial charge in [-0.2, -0.15) is 0 Å². The first-order valence-electron chi connectivity index (χ1n) is 29.9. The molecule has 0 bridgehead atoms. The van der Waals surface area contributed by atoms with Crippen LogP contribution in [0, 0.1) is 11.8 Å². The maximum atomic E-state index is 12.8. The number of carbonyl (C=O) groups excluding carboxylic acids is 3. The average molecular weight is 951 g/mol. The van der Waals surface area contributed by atoms with Crippen molar-refractivity contribution in [3.8, 4) is 0 Å². The van der Waals surface area contributed by atoms with Gasteiger partial charge in [-0.25, -0.2) is 0 Å². The van der Waals surface area contributed by atoms with Crippen LogP contribution in [0.5, 0.6) is 0 Å². The van der Waals surface area contributed by atoms with E-state index in [1.807, 2.05) is 0 Å². The Kier molecular flexibility index (Phi) is 55.7. The minimum Gasteiger partial charge on any atom is -0.465 e. The summed E-state index contributed by atoms with van der Waals surface area (Å²) in [5.41, 5.74) is 0. The Morgan fingerprint density at radius 2 is 0.642 bits per heavy atom. The van der Waals surface area contributed by atoms with Gasteiger partial charge in [-0.3, -0.25) is 14.4 Å². The van der Waals surface area contributed by atoms with Crippen LogP contribution >= 0.6 is 0 Å². The van der Waals surface area contributed by atoms with Gasteiger partial charge in [0.1, 0.15) is 6.10 Å². The van der Waals surface area contributed by atoms with E-state index in [9.17, 15) is 14.4 Å². The average Bonchev–Trinajstić information content (AvgIpc) is 3.32. The standard InChI is InChI=1S/C37H73NO4.C23H46O2/c1-6-9-12-14-18-22-28-34(27-21-13-10-7-2)37(40)41-33-26-20-17-15-16-19-23-30-35(29-11-8-3)42-36(39)31-24-25-32-38(4)5;1-4-7-10-13-14-17-20-22(19-16-12-9-6-3)23(24)25-21-18-15-11-8-5-2/h34-35H,6-33H2,1-5H3;22H,4-21H2,1-3H3. The molecule has 3 unspecified atom stereocenters. The Bertz CT molecular complexity index is 1020. The molecular formula is C60H119NO6. The smallest absolute Gasteiger partial charge is 0.308 e. The van der Waals surface area contributed by atoms with E-state index in [1.165, 1.54) is 167 Å². The summed E-state index contributed by atoms with van der Waals surface area (Å²) in [6.07, 6.45) is 50.4. The fourth-order valence-corrected chi connectivity index (χ4v) is 9.02. The highest BCUT2D eigenvalue weighted by Crippen LogP contribution is 2.23. The number of esters is 3. The molecule has 0 saturated heterocycles. The minimum absolute atomic E-state index is 0.0132. The SMILES string of the molecule is CCCCCCCCC(CCCCCC)C(=O)OCCCCCCC.CCCCCCCCC(CCCCCC)C(=O)OCCCCCCCCCC(CCCC)OC(=O)CCCCN(C)C. The molecular weight excluding hydrogens is 831 g/mol. The van der Waals surface area contributed by atoms with E-state index in [2.05, 4.69) is 60.5 Å². The van der Waals surface area contributed by atoms with Crippen molar-refractivity contribution in [3.63, 3.8) is 0 Å². The Balaban J connectivity index is 0. The third-order valence-corrected chi connectivity index (χ3v) is 13.6. The molecule has 0 amide bonds. The topological polar surface area (TPSA) is 82.1 Å². The van der Waals surface area contributed by atoms with Gasteiger partial charge in [-0.15, -0.1) is 0 Å². The number of carbonyl (C=O) groups is 3. The summed E-state index contributed by atoms with van der Waals surface area (Å²) in [5.74, 6) is 0.392. The number of ether oxygens (including phenoxy) is 3. The molecule has 67 heavy (non-hydrogen) atoms. The van der Waals surface area contributed by atoms with Crippen LogP contribution in [0.4, 0.5) is 0 Å². The van der Waals surface area contributed by atoms with Crippen LogP contribution in [0.2, 0.25) is 0 Å². The van der Waals surface area contributed by atoms with Crippen molar-refractivity contribution in [2.75, 3.05) is 33.9 Å². The van der Waals surface area contributed by atoms with Gasteiger partial charge < -0.3 is 19.1 Å². The molecule has 0 aliphatic heterocycles. The Morgan fingerprint density at radius 1 is 0.343 bits per heavy atom. The van der Waals surface area contributed by atoms with Crippen LogP contribution in [-0.4, -0.2) is 62.8 Å². The highest BCUT2D eigenvalue weighted by molar-refractivity contribution is 5.72. The van der Waals surface area contributed by atoms with Crippen molar-refractivity contribution in [2.24, 2.45) is 11.8 Å². The quantitative estimate of drug-likeness (QED) is 0.0341. The molecule has 7 heteroatoms. The number of nitrogens with zero attached hydrogens (tertiary/aromatic N) is 1. The monoisotopic (exact) mass is 950 g/mol. The van der Waals surface area contributed by atoms with E-state index in [0.717, 1.165) is 109 Å². The molecule has 0 fully saturated rings. The number of rotatable bonds is 51. The van der Waals surface area contributed by atoms with Gasteiger partial charge in [0.25, 0.3) is 0 Å². The zero-order valence-corrected chi connectivity index (χ0v) is 46.7.